The number of hydrogen-bond acceptors (Lipinski definition) is 5. The van der Waals surface area contributed by atoms with Crippen LogP contribution in [0.3, 0.4) is 0 Å². The molecular weight excluding hydrogens is 308 g/mol. The summed E-state index contributed by atoms with van der Waals surface area (Å²) < 4.78 is 16.1. The number of amides is 1. The number of fused-ring (bicyclic) bond motifs is 1. The minimum Gasteiger partial charge on any atom is -0.454 e. The van der Waals surface area contributed by atoms with Crippen LogP contribution in [0.15, 0.2) is 18.2 Å². The molecular formula is C15H21ClN2O4. The van der Waals surface area contributed by atoms with Gasteiger partial charge in [0.2, 0.25) is 12.7 Å². The number of nitrogens with two attached hydrogens (primary N) is 1. The van der Waals surface area contributed by atoms with Gasteiger partial charge in [0.25, 0.3) is 0 Å². The summed E-state index contributed by atoms with van der Waals surface area (Å²) in [5.41, 5.74) is 6.25. The second-order valence-electron chi connectivity index (χ2n) is 5.43. The van der Waals surface area contributed by atoms with E-state index < -0.39 is 5.41 Å². The number of benzene rings is 1. The summed E-state index contributed by atoms with van der Waals surface area (Å²) in [5.74, 6) is 1.43. The Hall–Kier alpha value is -1.50. The Bertz CT molecular complexity index is 532. The molecule has 1 aromatic rings. The van der Waals surface area contributed by atoms with Crippen LogP contribution >= 0.6 is 12.4 Å². The molecule has 1 aromatic carbocycles. The molecule has 3 N–H and O–H groups in total. The van der Waals surface area contributed by atoms with Crippen molar-refractivity contribution in [2.75, 3.05) is 26.6 Å². The summed E-state index contributed by atoms with van der Waals surface area (Å²) in [7, 11) is 0. The van der Waals surface area contributed by atoms with Crippen molar-refractivity contribution in [3.8, 4) is 11.5 Å². The lowest BCUT2D eigenvalue weighted by Gasteiger charge is -2.34. The van der Waals surface area contributed by atoms with E-state index in [9.17, 15) is 4.79 Å². The topological polar surface area (TPSA) is 82.8 Å². The molecule has 1 amide bonds. The monoisotopic (exact) mass is 328 g/mol. The predicted octanol–water partition coefficient (Wildman–Crippen LogP) is 1.21. The molecule has 0 aromatic heterocycles. The Labute approximate surface area is 135 Å². The van der Waals surface area contributed by atoms with Crippen LogP contribution in [0.2, 0.25) is 0 Å². The molecule has 2 aliphatic rings. The fourth-order valence-corrected chi connectivity index (χ4v) is 2.78. The highest BCUT2D eigenvalue weighted by Crippen LogP contribution is 2.35. The van der Waals surface area contributed by atoms with E-state index in [0.717, 1.165) is 11.3 Å². The first-order valence-corrected chi connectivity index (χ1v) is 7.19. The number of halogens is 1. The van der Waals surface area contributed by atoms with Gasteiger partial charge in [0, 0.05) is 31.9 Å². The van der Waals surface area contributed by atoms with E-state index in [1.807, 2.05) is 18.2 Å². The first-order chi connectivity index (χ1) is 10.2. The van der Waals surface area contributed by atoms with Gasteiger partial charge in [-0.1, -0.05) is 12.1 Å². The number of nitrogens with one attached hydrogen (secondary N) is 1. The van der Waals surface area contributed by atoms with E-state index >= 15 is 0 Å². The van der Waals surface area contributed by atoms with Crippen molar-refractivity contribution in [1.82, 2.24) is 5.32 Å². The maximum absolute atomic E-state index is 12.5. The van der Waals surface area contributed by atoms with Crippen molar-refractivity contribution in [3.63, 3.8) is 0 Å². The Morgan fingerprint density at radius 2 is 2.05 bits per heavy atom. The molecule has 6 nitrogen and oxygen atoms in total. The molecule has 7 heteroatoms. The van der Waals surface area contributed by atoms with Gasteiger partial charge < -0.3 is 25.3 Å². The van der Waals surface area contributed by atoms with Crippen molar-refractivity contribution in [2.45, 2.75) is 19.4 Å². The summed E-state index contributed by atoms with van der Waals surface area (Å²) in [6, 6.07) is 5.67. The molecule has 0 aliphatic carbocycles. The second-order valence-corrected chi connectivity index (χ2v) is 5.43. The van der Waals surface area contributed by atoms with Crippen LogP contribution in [0, 0.1) is 5.41 Å². The lowest BCUT2D eigenvalue weighted by Crippen LogP contribution is -2.48. The van der Waals surface area contributed by atoms with Crippen molar-refractivity contribution in [2.24, 2.45) is 11.1 Å². The predicted molar refractivity (Wildman–Crippen MR) is 83.2 cm³/mol. The molecule has 1 saturated heterocycles. The maximum Gasteiger partial charge on any atom is 0.231 e. The average molecular weight is 329 g/mol. The molecule has 0 saturated carbocycles. The Kier molecular flexibility index (Phi) is 5.50. The van der Waals surface area contributed by atoms with E-state index in [4.69, 9.17) is 19.9 Å². The molecule has 0 radical (unpaired) electrons. The smallest absolute Gasteiger partial charge is 0.231 e. The summed E-state index contributed by atoms with van der Waals surface area (Å²) in [6.45, 7) is 2.15. The van der Waals surface area contributed by atoms with Crippen LogP contribution in [0.4, 0.5) is 0 Å². The van der Waals surface area contributed by atoms with Crippen molar-refractivity contribution < 1.29 is 19.0 Å². The minimum atomic E-state index is -0.506. The molecule has 2 heterocycles. The van der Waals surface area contributed by atoms with Gasteiger partial charge in [0.05, 0.1) is 5.41 Å². The third-order valence-electron chi connectivity index (χ3n) is 4.24. The number of para-hydroxylation sites is 1. The highest BCUT2D eigenvalue weighted by atomic mass is 35.5. The van der Waals surface area contributed by atoms with Gasteiger partial charge in [-0.3, -0.25) is 4.79 Å². The van der Waals surface area contributed by atoms with E-state index in [1.165, 1.54) is 0 Å². The number of rotatable bonds is 4. The summed E-state index contributed by atoms with van der Waals surface area (Å²) in [5, 5.41) is 2.98. The molecule has 2 aliphatic heterocycles. The van der Waals surface area contributed by atoms with Crippen molar-refractivity contribution >= 4 is 18.3 Å². The zero-order chi connectivity index (χ0) is 14.7. The molecule has 0 unspecified atom stereocenters. The SMILES string of the molecule is Cl.NCC1(C(=O)NCc2cccc3c2OCO3)CCOCC1. The van der Waals surface area contributed by atoms with E-state index in [-0.39, 0.29) is 25.1 Å². The minimum absolute atomic E-state index is 0. The van der Waals surface area contributed by atoms with Gasteiger partial charge in [0.15, 0.2) is 11.5 Å². The van der Waals surface area contributed by atoms with Crippen LogP contribution in [0.1, 0.15) is 18.4 Å². The molecule has 122 valence electrons. The number of carbonyl (C=O) groups is 1. The van der Waals surface area contributed by atoms with Crippen LogP contribution in [0.5, 0.6) is 11.5 Å². The standard InChI is InChI=1S/C15H20N2O4.ClH/c16-9-15(4-6-19-7-5-15)14(18)17-8-11-2-1-3-12-13(11)21-10-20-12;/h1-3H,4-10,16H2,(H,17,18);1H. The molecule has 0 bridgehead atoms. The van der Waals surface area contributed by atoms with E-state index in [0.29, 0.717) is 44.9 Å². The van der Waals surface area contributed by atoms with Gasteiger partial charge in [-0.2, -0.15) is 0 Å². The van der Waals surface area contributed by atoms with Gasteiger partial charge in [0.1, 0.15) is 0 Å². The summed E-state index contributed by atoms with van der Waals surface area (Å²) in [6.07, 6.45) is 1.34. The van der Waals surface area contributed by atoms with Crippen LogP contribution < -0.4 is 20.5 Å². The Balaban J connectivity index is 0.00000176. The normalized spacial score (nSPS) is 18.4. The third kappa shape index (κ3) is 3.14. The molecule has 3 rings (SSSR count). The van der Waals surface area contributed by atoms with Crippen LogP contribution in [0.25, 0.3) is 0 Å². The third-order valence-corrected chi connectivity index (χ3v) is 4.24. The second kappa shape index (κ2) is 7.17. The van der Waals surface area contributed by atoms with Crippen molar-refractivity contribution in [3.05, 3.63) is 23.8 Å². The number of hydrogen-bond donors (Lipinski definition) is 2. The number of carbonyl (C=O) groups excluding carboxylic acids is 1. The fourth-order valence-electron chi connectivity index (χ4n) is 2.78. The average Bonchev–Trinajstić information content (AvgIpc) is 3.02. The van der Waals surface area contributed by atoms with E-state index in [2.05, 4.69) is 5.32 Å². The van der Waals surface area contributed by atoms with Gasteiger partial charge in [-0.05, 0) is 18.9 Å². The largest absolute Gasteiger partial charge is 0.454 e. The fraction of sp³-hybridized carbons (Fsp3) is 0.533. The van der Waals surface area contributed by atoms with E-state index in [1.54, 1.807) is 0 Å². The molecule has 22 heavy (non-hydrogen) atoms. The molecule has 1 fully saturated rings. The maximum atomic E-state index is 12.5. The molecule has 0 atom stereocenters. The quantitative estimate of drug-likeness (QED) is 0.868. The summed E-state index contributed by atoms with van der Waals surface area (Å²) in [4.78, 5) is 12.5. The zero-order valence-electron chi connectivity index (χ0n) is 12.3. The van der Waals surface area contributed by atoms with Gasteiger partial charge in [-0.25, -0.2) is 0 Å². The first kappa shape index (κ1) is 16.9. The van der Waals surface area contributed by atoms with Crippen LogP contribution in [-0.2, 0) is 16.1 Å². The lowest BCUT2D eigenvalue weighted by molar-refractivity contribution is -0.136. The zero-order valence-corrected chi connectivity index (χ0v) is 13.1. The van der Waals surface area contributed by atoms with Crippen LogP contribution in [-0.4, -0.2) is 32.5 Å². The first-order valence-electron chi connectivity index (χ1n) is 7.19. The number of ether oxygens (including phenoxy) is 3. The van der Waals surface area contributed by atoms with Gasteiger partial charge >= 0.3 is 0 Å². The Morgan fingerprint density at radius 1 is 1.27 bits per heavy atom. The summed E-state index contributed by atoms with van der Waals surface area (Å²) >= 11 is 0. The Morgan fingerprint density at radius 3 is 2.77 bits per heavy atom. The highest BCUT2D eigenvalue weighted by molar-refractivity contribution is 5.85. The van der Waals surface area contributed by atoms with Gasteiger partial charge in [-0.15, -0.1) is 12.4 Å². The highest BCUT2D eigenvalue weighted by Gasteiger charge is 2.38. The van der Waals surface area contributed by atoms with Crippen molar-refractivity contribution in [1.29, 1.82) is 0 Å². The molecule has 0 spiro atoms. The lowest BCUT2D eigenvalue weighted by atomic mass is 9.79.